The molecule has 0 aromatic heterocycles. The number of hydrogen-bond acceptors (Lipinski definition) is 4. The number of carbonyl (C=O) groups excluding carboxylic acids is 2. The van der Waals surface area contributed by atoms with Crippen molar-refractivity contribution in [2.75, 3.05) is 7.11 Å². The van der Waals surface area contributed by atoms with Crippen LogP contribution in [0, 0.1) is 5.92 Å². The van der Waals surface area contributed by atoms with Crippen molar-refractivity contribution in [3.05, 3.63) is 24.3 Å². The first-order valence-electron chi connectivity index (χ1n) is 16.6. The van der Waals surface area contributed by atoms with Gasteiger partial charge in [-0.3, -0.25) is 9.59 Å². The number of esters is 2. The van der Waals surface area contributed by atoms with Gasteiger partial charge in [0.2, 0.25) is 0 Å². The van der Waals surface area contributed by atoms with Crippen LogP contribution in [0.3, 0.4) is 0 Å². The quantitative estimate of drug-likeness (QED) is 0.0554. The van der Waals surface area contributed by atoms with Crippen molar-refractivity contribution in [3.8, 4) is 0 Å². The zero-order chi connectivity index (χ0) is 28.8. The molecule has 0 aliphatic rings. The van der Waals surface area contributed by atoms with Gasteiger partial charge in [0, 0.05) is 6.92 Å². The molecule has 2 atom stereocenters. The van der Waals surface area contributed by atoms with Crippen LogP contribution in [0.4, 0.5) is 0 Å². The lowest BCUT2D eigenvalue weighted by atomic mass is 9.91. The molecule has 4 nitrogen and oxygen atoms in total. The molecule has 0 aromatic carbocycles. The number of hydrogen-bond donors (Lipinski definition) is 0. The van der Waals surface area contributed by atoms with Gasteiger partial charge in [-0.25, -0.2) is 0 Å². The molecule has 0 aliphatic heterocycles. The van der Waals surface area contributed by atoms with Crippen LogP contribution >= 0.6 is 0 Å². The van der Waals surface area contributed by atoms with E-state index in [-0.39, 0.29) is 24.0 Å². The van der Waals surface area contributed by atoms with E-state index in [1.54, 1.807) is 0 Å². The molecule has 0 bridgehead atoms. The predicted octanol–water partition coefficient (Wildman–Crippen LogP) is 10.8. The van der Waals surface area contributed by atoms with Crippen LogP contribution in [-0.4, -0.2) is 25.2 Å². The first kappa shape index (κ1) is 37.4. The summed E-state index contributed by atoms with van der Waals surface area (Å²) >= 11 is 0. The molecule has 0 amide bonds. The van der Waals surface area contributed by atoms with E-state index in [1.807, 2.05) is 0 Å². The molecule has 4 heteroatoms. The largest absolute Gasteiger partial charge is 0.469 e. The summed E-state index contributed by atoms with van der Waals surface area (Å²) in [6, 6.07) is 0. The molecule has 0 fully saturated rings. The topological polar surface area (TPSA) is 52.6 Å². The number of allylic oxidation sites excluding steroid dienone is 4. The summed E-state index contributed by atoms with van der Waals surface area (Å²) in [7, 11) is 1.44. The monoisotopic (exact) mass is 548 g/mol. The van der Waals surface area contributed by atoms with Gasteiger partial charge in [0.1, 0.15) is 6.10 Å². The SMILES string of the molecule is CCCCCC/C=C\CCCCCCC[C@H](OC(C)=O)[C@@H](CCCCCC/C=C\CCCCCC)C(=O)OC. The Kier molecular flexibility index (Phi) is 28.2. The summed E-state index contributed by atoms with van der Waals surface area (Å²) < 4.78 is 10.7. The normalized spacial score (nSPS) is 13.2. The van der Waals surface area contributed by atoms with Gasteiger partial charge in [-0.1, -0.05) is 115 Å². The van der Waals surface area contributed by atoms with Crippen LogP contribution < -0.4 is 0 Å². The molecule has 0 rings (SSSR count). The predicted molar refractivity (Wildman–Crippen MR) is 167 cm³/mol. The summed E-state index contributed by atoms with van der Waals surface area (Å²) in [6.07, 6.45) is 35.9. The highest BCUT2D eigenvalue weighted by molar-refractivity contribution is 5.74. The van der Waals surface area contributed by atoms with Gasteiger partial charge in [0.05, 0.1) is 13.0 Å². The summed E-state index contributed by atoms with van der Waals surface area (Å²) in [4.78, 5) is 24.4. The number of ether oxygens (including phenoxy) is 2. The molecule has 0 aliphatic carbocycles. The minimum atomic E-state index is -0.374. The van der Waals surface area contributed by atoms with Crippen LogP contribution in [0.2, 0.25) is 0 Å². The van der Waals surface area contributed by atoms with Crippen molar-refractivity contribution in [2.24, 2.45) is 5.92 Å². The molecule has 0 heterocycles. The number of rotatable bonds is 28. The van der Waals surface area contributed by atoms with E-state index in [0.717, 1.165) is 44.9 Å². The van der Waals surface area contributed by atoms with Crippen molar-refractivity contribution in [3.63, 3.8) is 0 Å². The highest BCUT2D eigenvalue weighted by Crippen LogP contribution is 2.24. The summed E-state index contributed by atoms with van der Waals surface area (Å²) in [5, 5.41) is 0. The van der Waals surface area contributed by atoms with Gasteiger partial charge >= 0.3 is 11.9 Å². The first-order chi connectivity index (χ1) is 19.1. The maximum absolute atomic E-state index is 12.6. The molecule has 0 saturated heterocycles. The van der Waals surface area contributed by atoms with Crippen molar-refractivity contribution >= 4 is 11.9 Å². The molecule has 0 radical (unpaired) electrons. The highest BCUT2D eigenvalue weighted by atomic mass is 16.6. The second kappa shape index (κ2) is 29.4. The van der Waals surface area contributed by atoms with Crippen LogP contribution in [0.5, 0.6) is 0 Å². The fourth-order valence-corrected chi connectivity index (χ4v) is 5.13. The molecule has 0 spiro atoms. The first-order valence-corrected chi connectivity index (χ1v) is 16.6. The Labute approximate surface area is 242 Å². The van der Waals surface area contributed by atoms with Crippen LogP contribution in [0.15, 0.2) is 24.3 Å². The van der Waals surface area contributed by atoms with Gasteiger partial charge in [0.15, 0.2) is 0 Å². The fourth-order valence-electron chi connectivity index (χ4n) is 5.13. The lowest BCUT2D eigenvalue weighted by Crippen LogP contribution is -2.33. The van der Waals surface area contributed by atoms with Gasteiger partial charge in [-0.15, -0.1) is 0 Å². The molecule has 0 N–H and O–H groups in total. The smallest absolute Gasteiger partial charge is 0.312 e. The van der Waals surface area contributed by atoms with E-state index >= 15 is 0 Å². The summed E-state index contributed by atoms with van der Waals surface area (Å²) in [5.74, 6) is -0.907. The van der Waals surface area contributed by atoms with Crippen molar-refractivity contribution in [1.29, 1.82) is 0 Å². The second-order valence-electron chi connectivity index (χ2n) is 11.3. The fraction of sp³-hybridized carbons (Fsp3) is 0.829. The van der Waals surface area contributed by atoms with Gasteiger partial charge in [0.25, 0.3) is 0 Å². The zero-order valence-corrected chi connectivity index (χ0v) is 26.4. The Morgan fingerprint density at radius 1 is 0.564 bits per heavy atom. The van der Waals surface area contributed by atoms with Crippen molar-refractivity contribution < 1.29 is 19.1 Å². The second-order valence-corrected chi connectivity index (χ2v) is 11.3. The minimum absolute atomic E-state index is 0.242. The third-order valence-corrected chi connectivity index (χ3v) is 7.55. The number of methoxy groups -OCH3 is 1. The van der Waals surface area contributed by atoms with Crippen LogP contribution in [0.1, 0.15) is 168 Å². The molecular weight excluding hydrogens is 484 g/mol. The summed E-state index contributed by atoms with van der Waals surface area (Å²) in [6.45, 7) is 5.94. The number of unbranched alkanes of at least 4 members (excludes halogenated alkanes) is 17. The Balaban J connectivity index is 4.21. The Bertz CT molecular complexity index is 610. The lowest BCUT2D eigenvalue weighted by molar-refractivity contribution is -0.160. The zero-order valence-electron chi connectivity index (χ0n) is 26.4. The molecule has 0 saturated carbocycles. The maximum Gasteiger partial charge on any atom is 0.312 e. The average Bonchev–Trinajstić information content (AvgIpc) is 2.92. The van der Waals surface area contributed by atoms with E-state index in [2.05, 4.69) is 38.2 Å². The van der Waals surface area contributed by atoms with Crippen LogP contribution in [0.25, 0.3) is 0 Å². The van der Waals surface area contributed by atoms with Gasteiger partial charge < -0.3 is 9.47 Å². The third kappa shape index (κ3) is 25.2. The highest BCUT2D eigenvalue weighted by Gasteiger charge is 2.30. The molecule has 0 unspecified atom stereocenters. The summed E-state index contributed by atoms with van der Waals surface area (Å²) in [5.41, 5.74) is 0. The van der Waals surface area contributed by atoms with Crippen LogP contribution in [-0.2, 0) is 19.1 Å². The van der Waals surface area contributed by atoms with E-state index in [4.69, 9.17) is 9.47 Å². The van der Waals surface area contributed by atoms with Crippen molar-refractivity contribution in [2.45, 2.75) is 175 Å². The molecular formula is C35H64O4. The maximum atomic E-state index is 12.6. The lowest BCUT2D eigenvalue weighted by Gasteiger charge is -2.25. The van der Waals surface area contributed by atoms with Gasteiger partial charge in [-0.05, 0) is 70.6 Å². The Morgan fingerprint density at radius 3 is 1.36 bits per heavy atom. The molecule has 0 aromatic rings. The van der Waals surface area contributed by atoms with E-state index in [1.165, 1.54) is 117 Å². The van der Waals surface area contributed by atoms with E-state index < -0.39 is 0 Å². The third-order valence-electron chi connectivity index (χ3n) is 7.55. The molecule has 39 heavy (non-hydrogen) atoms. The minimum Gasteiger partial charge on any atom is -0.469 e. The molecule has 228 valence electrons. The van der Waals surface area contributed by atoms with E-state index in [9.17, 15) is 9.59 Å². The Morgan fingerprint density at radius 2 is 0.949 bits per heavy atom. The number of carbonyl (C=O) groups is 2. The van der Waals surface area contributed by atoms with Gasteiger partial charge in [-0.2, -0.15) is 0 Å². The standard InChI is InChI=1S/C35H64O4/c1-5-7-9-11-13-15-17-19-21-23-25-27-29-31-34(39-32(3)36)33(35(37)38-4)30-28-26-24-22-20-18-16-14-12-10-8-6-2/h15-18,33-34H,5-14,19-31H2,1-4H3/b17-15-,18-16-/t33-,34+/m1/s1. The average molecular weight is 549 g/mol. The van der Waals surface area contributed by atoms with Crippen molar-refractivity contribution in [1.82, 2.24) is 0 Å². The van der Waals surface area contributed by atoms with E-state index in [0.29, 0.717) is 0 Å². The Hall–Kier alpha value is -1.58.